The Morgan fingerprint density at radius 3 is 2.20 bits per heavy atom. The number of likely N-dealkylation sites (N-methyl/N-ethyl adjacent to an activating group) is 1. The highest BCUT2D eigenvalue weighted by atomic mass is 16.2. The highest BCUT2D eigenvalue weighted by molar-refractivity contribution is 5.93. The summed E-state index contributed by atoms with van der Waals surface area (Å²) in [7, 11) is 0. The van der Waals surface area contributed by atoms with Gasteiger partial charge in [0.05, 0.1) is 13.1 Å². The van der Waals surface area contributed by atoms with E-state index in [0.29, 0.717) is 31.0 Å². The van der Waals surface area contributed by atoms with Gasteiger partial charge < -0.3 is 15.5 Å². The van der Waals surface area contributed by atoms with E-state index >= 15 is 0 Å². The van der Waals surface area contributed by atoms with Crippen LogP contribution in [0.25, 0.3) is 0 Å². The van der Waals surface area contributed by atoms with Crippen LogP contribution in [-0.4, -0.2) is 53.7 Å². The molecule has 3 rings (SSSR count). The molecule has 2 aromatic carbocycles. The number of nitrogens with zero attached hydrogens (tertiary/aromatic N) is 2. The van der Waals surface area contributed by atoms with Crippen molar-refractivity contribution in [2.24, 2.45) is 0 Å². The third kappa shape index (κ3) is 5.90. The summed E-state index contributed by atoms with van der Waals surface area (Å²) in [5.74, 6) is -0.285. The lowest BCUT2D eigenvalue weighted by Gasteiger charge is -2.31. The topological polar surface area (TPSA) is 81.8 Å². The predicted molar refractivity (Wildman–Crippen MR) is 117 cm³/mol. The Labute approximate surface area is 177 Å². The first-order valence-corrected chi connectivity index (χ1v) is 10.2. The van der Waals surface area contributed by atoms with E-state index in [2.05, 4.69) is 22.8 Å². The number of benzene rings is 2. The minimum atomic E-state index is -0.180. The Balaban J connectivity index is 1.50. The van der Waals surface area contributed by atoms with Crippen molar-refractivity contribution in [3.63, 3.8) is 0 Å². The average Bonchev–Trinajstić information content (AvgIpc) is 2.73. The van der Waals surface area contributed by atoms with Gasteiger partial charge in [0.25, 0.3) is 0 Å². The van der Waals surface area contributed by atoms with Gasteiger partial charge in [0, 0.05) is 31.4 Å². The molecule has 7 nitrogen and oxygen atoms in total. The van der Waals surface area contributed by atoms with Gasteiger partial charge in [0.2, 0.25) is 17.7 Å². The van der Waals surface area contributed by atoms with Crippen LogP contribution >= 0.6 is 0 Å². The van der Waals surface area contributed by atoms with E-state index in [4.69, 9.17) is 0 Å². The van der Waals surface area contributed by atoms with E-state index in [9.17, 15) is 14.4 Å². The summed E-state index contributed by atoms with van der Waals surface area (Å²) >= 11 is 0. The third-order valence-electron chi connectivity index (χ3n) is 5.15. The standard InChI is InChI=1S/C23H28N4O3/c1-3-26(15-22(29)25-21-10-8-20(9-11-21)24-17(2)28)16-23(30)27-13-12-18-6-4-5-7-19(18)14-27/h4-11H,3,12-16H2,1-2H3,(H,24,28)(H,25,29). The second kappa shape index (κ2) is 10.0. The average molecular weight is 409 g/mol. The fourth-order valence-electron chi connectivity index (χ4n) is 3.52. The molecule has 0 aromatic heterocycles. The zero-order valence-electron chi connectivity index (χ0n) is 17.5. The predicted octanol–water partition coefficient (Wildman–Crippen LogP) is 2.49. The number of carbonyl (C=O) groups excluding carboxylic acids is 3. The molecule has 1 aliphatic rings. The zero-order valence-corrected chi connectivity index (χ0v) is 17.5. The first-order valence-electron chi connectivity index (χ1n) is 10.2. The van der Waals surface area contributed by atoms with Crippen molar-refractivity contribution in [1.29, 1.82) is 0 Å². The monoisotopic (exact) mass is 408 g/mol. The van der Waals surface area contributed by atoms with Crippen LogP contribution in [0.3, 0.4) is 0 Å². The first kappa shape index (κ1) is 21.5. The van der Waals surface area contributed by atoms with E-state index in [1.165, 1.54) is 18.1 Å². The highest BCUT2D eigenvalue weighted by Gasteiger charge is 2.22. The lowest BCUT2D eigenvalue weighted by Crippen LogP contribution is -2.44. The van der Waals surface area contributed by atoms with Crippen LogP contribution in [0.1, 0.15) is 25.0 Å². The maximum absolute atomic E-state index is 12.8. The minimum absolute atomic E-state index is 0.0406. The zero-order chi connectivity index (χ0) is 21.5. The Morgan fingerprint density at radius 1 is 0.933 bits per heavy atom. The molecule has 0 aliphatic carbocycles. The number of anilines is 2. The Hall–Kier alpha value is -3.19. The van der Waals surface area contributed by atoms with Crippen molar-refractivity contribution in [1.82, 2.24) is 9.80 Å². The lowest BCUT2D eigenvalue weighted by atomic mass is 10.00. The largest absolute Gasteiger partial charge is 0.337 e. The molecule has 3 amide bonds. The summed E-state index contributed by atoms with van der Waals surface area (Å²) < 4.78 is 0. The van der Waals surface area contributed by atoms with Gasteiger partial charge in [-0.3, -0.25) is 19.3 Å². The number of hydrogen-bond acceptors (Lipinski definition) is 4. The number of amides is 3. The third-order valence-corrected chi connectivity index (χ3v) is 5.15. The maximum atomic E-state index is 12.8. The van der Waals surface area contributed by atoms with Crippen molar-refractivity contribution in [2.75, 3.05) is 36.8 Å². The van der Waals surface area contributed by atoms with E-state index < -0.39 is 0 Å². The molecule has 0 saturated carbocycles. The van der Waals surface area contributed by atoms with Crippen LogP contribution in [-0.2, 0) is 27.3 Å². The van der Waals surface area contributed by atoms with Crippen molar-refractivity contribution < 1.29 is 14.4 Å². The number of hydrogen-bond donors (Lipinski definition) is 2. The SMILES string of the molecule is CCN(CC(=O)Nc1ccc(NC(C)=O)cc1)CC(=O)N1CCc2ccccc2C1. The van der Waals surface area contributed by atoms with Crippen LogP contribution in [0.15, 0.2) is 48.5 Å². The molecule has 0 saturated heterocycles. The smallest absolute Gasteiger partial charge is 0.238 e. The molecule has 0 atom stereocenters. The molecule has 0 unspecified atom stereocenters. The molecule has 2 aromatic rings. The maximum Gasteiger partial charge on any atom is 0.238 e. The molecular weight excluding hydrogens is 380 g/mol. The molecule has 0 radical (unpaired) electrons. The molecule has 2 N–H and O–H groups in total. The number of carbonyl (C=O) groups is 3. The second-order valence-electron chi connectivity index (χ2n) is 7.44. The normalized spacial score (nSPS) is 13.0. The molecule has 0 bridgehead atoms. The van der Waals surface area contributed by atoms with Crippen LogP contribution in [0.4, 0.5) is 11.4 Å². The van der Waals surface area contributed by atoms with E-state index in [0.717, 1.165) is 6.42 Å². The number of rotatable bonds is 7. The Morgan fingerprint density at radius 2 is 1.57 bits per heavy atom. The molecule has 1 aliphatic heterocycles. The van der Waals surface area contributed by atoms with Gasteiger partial charge in [-0.2, -0.15) is 0 Å². The van der Waals surface area contributed by atoms with Crippen LogP contribution < -0.4 is 10.6 Å². The molecule has 30 heavy (non-hydrogen) atoms. The van der Waals surface area contributed by atoms with Crippen molar-refractivity contribution in [3.05, 3.63) is 59.7 Å². The van der Waals surface area contributed by atoms with E-state index in [1.807, 2.05) is 28.9 Å². The van der Waals surface area contributed by atoms with Gasteiger partial charge in [-0.15, -0.1) is 0 Å². The summed E-state index contributed by atoms with van der Waals surface area (Å²) in [6.45, 7) is 5.67. The summed E-state index contributed by atoms with van der Waals surface area (Å²) in [4.78, 5) is 40.0. The summed E-state index contributed by atoms with van der Waals surface area (Å²) in [6, 6.07) is 15.1. The second-order valence-corrected chi connectivity index (χ2v) is 7.44. The molecule has 0 spiro atoms. The molecular formula is C23H28N4O3. The van der Waals surface area contributed by atoms with Crippen LogP contribution in [0, 0.1) is 0 Å². The van der Waals surface area contributed by atoms with Gasteiger partial charge in [-0.1, -0.05) is 31.2 Å². The summed E-state index contributed by atoms with van der Waals surface area (Å²) in [5, 5.41) is 5.52. The van der Waals surface area contributed by atoms with Crippen molar-refractivity contribution in [3.8, 4) is 0 Å². The fraction of sp³-hybridized carbons (Fsp3) is 0.348. The molecule has 0 fully saturated rings. The Bertz CT molecular complexity index is 911. The van der Waals surface area contributed by atoms with Crippen LogP contribution in [0.5, 0.6) is 0 Å². The highest BCUT2D eigenvalue weighted by Crippen LogP contribution is 2.18. The molecule has 7 heteroatoms. The van der Waals surface area contributed by atoms with Crippen molar-refractivity contribution in [2.45, 2.75) is 26.8 Å². The number of nitrogens with one attached hydrogen (secondary N) is 2. The molecule has 1 heterocycles. The minimum Gasteiger partial charge on any atom is -0.337 e. The summed E-state index contributed by atoms with van der Waals surface area (Å²) in [6.07, 6.45) is 0.864. The van der Waals surface area contributed by atoms with E-state index in [1.54, 1.807) is 24.3 Å². The van der Waals surface area contributed by atoms with E-state index in [-0.39, 0.29) is 30.8 Å². The lowest BCUT2D eigenvalue weighted by molar-refractivity contribution is -0.133. The van der Waals surface area contributed by atoms with Gasteiger partial charge >= 0.3 is 0 Å². The van der Waals surface area contributed by atoms with Gasteiger partial charge in [0.15, 0.2) is 0 Å². The first-order chi connectivity index (χ1) is 14.4. The van der Waals surface area contributed by atoms with Gasteiger partial charge in [-0.05, 0) is 48.4 Å². The fourth-order valence-corrected chi connectivity index (χ4v) is 3.52. The Kier molecular flexibility index (Phi) is 7.19. The summed E-state index contributed by atoms with van der Waals surface area (Å²) in [5.41, 5.74) is 3.81. The van der Waals surface area contributed by atoms with Gasteiger partial charge in [-0.25, -0.2) is 0 Å². The molecule has 158 valence electrons. The van der Waals surface area contributed by atoms with Gasteiger partial charge in [0.1, 0.15) is 0 Å². The quantitative estimate of drug-likeness (QED) is 0.738. The number of fused-ring (bicyclic) bond motifs is 1. The van der Waals surface area contributed by atoms with Crippen LogP contribution in [0.2, 0.25) is 0 Å². The van der Waals surface area contributed by atoms with Crippen molar-refractivity contribution >= 4 is 29.1 Å².